The highest BCUT2D eigenvalue weighted by molar-refractivity contribution is 6.27. The van der Waals surface area contributed by atoms with Gasteiger partial charge in [0.05, 0.1) is 22.4 Å². The SMILES string of the molecule is c1ccc(-c2cc(-c3ccccc3)nc(-c3cc4c5ccccc5c5ccccc5c4cc3-c3cccc4c3c3ccccc3n4-c3ccccc3)c2)cc1. The van der Waals surface area contributed by atoms with Crippen molar-refractivity contribution in [2.24, 2.45) is 0 Å². The quantitative estimate of drug-likeness (QED) is 0.164. The zero-order valence-corrected chi connectivity index (χ0v) is 30.0. The minimum atomic E-state index is 0.943. The molecule has 9 aromatic carbocycles. The third kappa shape index (κ3) is 5.07. The Morgan fingerprint density at radius 3 is 1.44 bits per heavy atom. The van der Waals surface area contributed by atoms with Gasteiger partial charge in [-0.25, -0.2) is 4.98 Å². The van der Waals surface area contributed by atoms with E-state index in [0.29, 0.717) is 0 Å². The van der Waals surface area contributed by atoms with E-state index < -0.39 is 0 Å². The van der Waals surface area contributed by atoms with Crippen LogP contribution in [-0.2, 0) is 0 Å². The zero-order chi connectivity index (χ0) is 36.3. The summed E-state index contributed by atoms with van der Waals surface area (Å²) in [4.78, 5) is 5.52. The Balaban J connectivity index is 1.31. The number of aromatic nitrogens is 2. The van der Waals surface area contributed by atoms with Crippen molar-refractivity contribution < 1.29 is 0 Å². The monoisotopic (exact) mass is 698 g/mol. The fourth-order valence-electron chi connectivity index (χ4n) is 8.71. The molecule has 11 rings (SSSR count). The van der Waals surface area contributed by atoms with Crippen LogP contribution in [0.2, 0.25) is 0 Å². The first-order valence-electron chi connectivity index (χ1n) is 18.9. The average molecular weight is 699 g/mol. The summed E-state index contributed by atoms with van der Waals surface area (Å²) < 4.78 is 2.40. The van der Waals surface area contributed by atoms with Crippen molar-refractivity contribution >= 4 is 54.1 Å². The molecule has 2 heterocycles. The Kier molecular flexibility index (Phi) is 7.21. The number of fused-ring (bicyclic) bond motifs is 9. The summed E-state index contributed by atoms with van der Waals surface area (Å²) in [6, 6.07) is 74.6. The summed E-state index contributed by atoms with van der Waals surface area (Å²) in [6.45, 7) is 0. The van der Waals surface area contributed by atoms with Crippen LogP contribution in [0.25, 0.3) is 105 Å². The van der Waals surface area contributed by atoms with Gasteiger partial charge >= 0.3 is 0 Å². The summed E-state index contributed by atoms with van der Waals surface area (Å²) in [5.74, 6) is 0. The maximum absolute atomic E-state index is 5.52. The number of para-hydroxylation sites is 2. The maximum Gasteiger partial charge on any atom is 0.0722 e. The van der Waals surface area contributed by atoms with Crippen molar-refractivity contribution in [3.05, 3.63) is 206 Å². The lowest BCUT2D eigenvalue weighted by Crippen LogP contribution is -1.95. The van der Waals surface area contributed by atoms with Crippen molar-refractivity contribution in [1.82, 2.24) is 9.55 Å². The number of rotatable bonds is 5. The molecule has 55 heavy (non-hydrogen) atoms. The lowest BCUT2D eigenvalue weighted by molar-refractivity contribution is 1.18. The van der Waals surface area contributed by atoms with Crippen molar-refractivity contribution in [3.63, 3.8) is 0 Å². The molecular weight excluding hydrogens is 665 g/mol. The van der Waals surface area contributed by atoms with Crippen LogP contribution in [-0.4, -0.2) is 9.55 Å². The topological polar surface area (TPSA) is 17.8 Å². The van der Waals surface area contributed by atoms with E-state index in [1.54, 1.807) is 0 Å². The van der Waals surface area contributed by atoms with Gasteiger partial charge in [-0.15, -0.1) is 0 Å². The molecule has 0 unspecified atom stereocenters. The summed E-state index contributed by atoms with van der Waals surface area (Å²) >= 11 is 0. The van der Waals surface area contributed by atoms with Gasteiger partial charge in [-0.2, -0.15) is 0 Å². The van der Waals surface area contributed by atoms with Crippen LogP contribution in [0, 0.1) is 0 Å². The van der Waals surface area contributed by atoms with Gasteiger partial charge in [0.1, 0.15) is 0 Å². The number of pyridine rings is 1. The van der Waals surface area contributed by atoms with Gasteiger partial charge in [-0.3, -0.25) is 0 Å². The Morgan fingerprint density at radius 1 is 0.291 bits per heavy atom. The van der Waals surface area contributed by atoms with Gasteiger partial charge in [-0.05, 0) is 103 Å². The summed E-state index contributed by atoms with van der Waals surface area (Å²) in [6.07, 6.45) is 0. The predicted molar refractivity (Wildman–Crippen MR) is 233 cm³/mol. The molecule has 11 aromatic rings. The molecule has 0 fully saturated rings. The van der Waals surface area contributed by atoms with Crippen molar-refractivity contribution in [1.29, 1.82) is 0 Å². The summed E-state index contributed by atoms with van der Waals surface area (Å²) in [5, 5.41) is 9.92. The molecule has 2 nitrogen and oxygen atoms in total. The third-order valence-electron chi connectivity index (χ3n) is 11.2. The fraction of sp³-hybridized carbons (Fsp3) is 0. The molecule has 0 aliphatic rings. The zero-order valence-electron chi connectivity index (χ0n) is 30.0. The molecule has 0 aliphatic heterocycles. The molecule has 256 valence electrons. The molecule has 2 aromatic heterocycles. The summed E-state index contributed by atoms with van der Waals surface area (Å²) in [7, 11) is 0. The number of hydrogen-bond acceptors (Lipinski definition) is 1. The Morgan fingerprint density at radius 2 is 0.782 bits per heavy atom. The second kappa shape index (κ2) is 12.7. The highest BCUT2D eigenvalue weighted by Crippen LogP contribution is 2.46. The van der Waals surface area contributed by atoms with E-state index in [4.69, 9.17) is 4.98 Å². The lowest BCUT2D eigenvalue weighted by atomic mass is 9.87. The highest BCUT2D eigenvalue weighted by Gasteiger charge is 2.21. The van der Waals surface area contributed by atoms with E-state index in [9.17, 15) is 0 Å². The number of nitrogens with zero attached hydrogens (tertiary/aromatic N) is 2. The smallest absolute Gasteiger partial charge is 0.0722 e. The molecule has 2 heteroatoms. The molecule has 0 bridgehead atoms. The Bertz CT molecular complexity index is 3180. The van der Waals surface area contributed by atoms with Crippen molar-refractivity contribution in [3.8, 4) is 50.5 Å². The normalized spacial score (nSPS) is 11.6. The van der Waals surface area contributed by atoms with E-state index in [0.717, 1.165) is 44.9 Å². The van der Waals surface area contributed by atoms with Crippen molar-refractivity contribution in [2.75, 3.05) is 0 Å². The van der Waals surface area contributed by atoms with Gasteiger partial charge in [0.15, 0.2) is 0 Å². The van der Waals surface area contributed by atoms with E-state index >= 15 is 0 Å². The van der Waals surface area contributed by atoms with Crippen LogP contribution in [0.4, 0.5) is 0 Å². The van der Waals surface area contributed by atoms with Gasteiger partial charge < -0.3 is 4.57 Å². The van der Waals surface area contributed by atoms with Crippen LogP contribution in [0.1, 0.15) is 0 Å². The first-order valence-corrected chi connectivity index (χ1v) is 18.9. The molecule has 0 radical (unpaired) electrons. The van der Waals surface area contributed by atoms with E-state index in [1.807, 2.05) is 0 Å². The first kappa shape index (κ1) is 31.3. The van der Waals surface area contributed by atoms with Gasteiger partial charge in [0.2, 0.25) is 0 Å². The van der Waals surface area contributed by atoms with Crippen LogP contribution in [0.3, 0.4) is 0 Å². The van der Waals surface area contributed by atoms with Gasteiger partial charge in [0, 0.05) is 27.6 Å². The van der Waals surface area contributed by atoms with Gasteiger partial charge in [-0.1, -0.05) is 158 Å². The third-order valence-corrected chi connectivity index (χ3v) is 11.2. The van der Waals surface area contributed by atoms with E-state index in [-0.39, 0.29) is 0 Å². The largest absolute Gasteiger partial charge is 0.309 e. The molecule has 0 saturated heterocycles. The molecule has 0 atom stereocenters. The van der Waals surface area contributed by atoms with Gasteiger partial charge in [0.25, 0.3) is 0 Å². The molecule has 0 saturated carbocycles. The van der Waals surface area contributed by atoms with Crippen LogP contribution < -0.4 is 0 Å². The van der Waals surface area contributed by atoms with E-state index in [1.165, 1.54) is 59.7 Å². The molecule has 0 spiro atoms. The summed E-state index contributed by atoms with van der Waals surface area (Å²) in [5.41, 5.74) is 12.2. The number of hydrogen-bond donors (Lipinski definition) is 0. The second-order valence-corrected chi connectivity index (χ2v) is 14.3. The molecule has 0 aliphatic carbocycles. The second-order valence-electron chi connectivity index (χ2n) is 14.3. The fourth-order valence-corrected chi connectivity index (χ4v) is 8.71. The minimum absolute atomic E-state index is 0.943. The van der Waals surface area contributed by atoms with Crippen molar-refractivity contribution in [2.45, 2.75) is 0 Å². The first-order chi connectivity index (χ1) is 27.3. The minimum Gasteiger partial charge on any atom is -0.309 e. The molecular formula is C53H34N2. The highest BCUT2D eigenvalue weighted by atomic mass is 15.0. The molecule has 0 N–H and O–H groups in total. The van der Waals surface area contributed by atoms with Crippen LogP contribution in [0.5, 0.6) is 0 Å². The molecule has 0 amide bonds. The lowest BCUT2D eigenvalue weighted by Gasteiger charge is -2.18. The van der Waals surface area contributed by atoms with Crippen LogP contribution >= 0.6 is 0 Å². The number of benzene rings is 9. The predicted octanol–water partition coefficient (Wildman–Crippen LogP) is 14.3. The Hall–Kier alpha value is -7.29. The van der Waals surface area contributed by atoms with E-state index in [2.05, 4.69) is 211 Å². The standard InChI is InChI=1S/C53H34N2/c1-4-17-35(18-5-1)37-31-49(36-19-6-2-7-20-36)54-50(32-37)48-34-46-42-26-13-11-24-40(42)39-23-10-12-25-41(39)45(46)33-47(48)43-28-16-30-52-53(43)44-27-14-15-29-51(44)55(52)38-21-8-3-9-22-38/h1-34H. The maximum atomic E-state index is 5.52. The Labute approximate surface area is 319 Å². The average Bonchev–Trinajstić information content (AvgIpc) is 3.61. The van der Waals surface area contributed by atoms with Crippen LogP contribution in [0.15, 0.2) is 206 Å².